The maximum Gasteiger partial charge on any atom is 0.164 e. The Kier molecular flexibility index (Phi) is 11.7. The standard InChI is InChI=1S/C31H32N.C11H20O2.Ir/c1-20(2)14-21-10-13-26-23(15-21)11-12-24-19-32-30(18-28(24)26)25-16-22-8-6-7-9-27(22)29(17-25)31(3,4)5;1-10(2,3)8(12)7-9(13)11(4,5)6;/h6-10,13,15,17-20H,11-12,14H2,1-5H3;7,12H,1-6H3;/q-1;;/b;8-7-;. The van der Waals surface area contributed by atoms with Crippen LogP contribution in [0, 0.1) is 22.8 Å². The first-order chi connectivity index (χ1) is 20.8. The summed E-state index contributed by atoms with van der Waals surface area (Å²) in [6.07, 6.45) is 6.74. The Balaban J connectivity index is 0.000000352. The van der Waals surface area contributed by atoms with Crippen molar-refractivity contribution in [3.8, 4) is 22.4 Å². The number of aliphatic hydroxyl groups excluding tert-OH is 1. The van der Waals surface area contributed by atoms with E-state index >= 15 is 0 Å². The molecule has 1 aliphatic rings. The minimum Gasteiger partial charge on any atom is -0.512 e. The first kappa shape index (κ1) is 37.4. The van der Waals surface area contributed by atoms with E-state index in [0.717, 1.165) is 35.9 Å². The molecule has 1 aromatic heterocycles. The largest absolute Gasteiger partial charge is 0.512 e. The minimum absolute atomic E-state index is 0. The fraction of sp³-hybridized carbons (Fsp3) is 0.429. The second kappa shape index (κ2) is 14.4. The minimum atomic E-state index is -0.417. The maximum absolute atomic E-state index is 11.5. The Bertz CT molecular complexity index is 1730. The molecule has 0 saturated carbocycles. The van der Waals surface area contributed by atoms with Gasteiger partial charge in [-0.2, -0.15) is 0 Å². The third kappa shape index (κ3) is 9.05. The molecule has 0 spiro atoms. The zero-order valence-electron chi connectivity index (χ0n) is 29.7. The van der Waals surface area contributed by atoms with E-state index in [2.05, 4.69) is 101 Å². The van der Waals surface area contributed by atoms with E-state index in [-0.39, 0.29) is 42.5 Å². The number of aryl methyl sites for hydroxylation is 2. The monoisotopic (exact) mass is 795 g/mol. The van der Waals surface area contributed by atoms with E-state index < -0.39 is 5.41 Å². The number of ketones is 1. The fourth-order valence-electron chi connectivity index (χ4n) is 5.61. The number of carbonyl (C=O) groups is 1. The van der Waals surface area contributed by atoms with Crippen molar-refractivity contribution in [1.29, 1.82) is 0 Å². The quantitative estimate of drug-likeness (QED) is 0.127. The maximum atomic E-state index is 11.5. The van der Waals surface area contributed by atoms with Gasteiger partial charge in [-0.25, -0.2) is 0 Å². The first-order valence-electron chi connectivity index (χ1n) is 16.4. The predicted octanol–water partition coefficient (Wildman–Crippen LogP) is 11.1. The van der Waals surface area contributed by atoms with Gasteiger partial charge in [0, 0.05) is 48.9 Å². The zero-order chi connectivity index (χ0) is 33.3. The van der Waals surface area contributed by atoms with Crippen molar-refractivity contribution < 1.29 is 30.0 Å². The van der Waals surface area contributed by atoms with Crippen LogP contribution in [0.3, 0.4) is 0 Å². The molecule has 4 aromatic rings. The number of allylic oxidation sites excluding steroid dienone is 2. The number of aromatic nitrogens is 1. The topological polar surface area (TPSA) is 50.2 Å². The Morgan fingerprint density at radius 3 is 2.13 bits per heavy atom. The molecular formula is C42H52IrNO2-. The average molecular weight is 795 g/mol. The van der Waals surface area contributed by atoms with Gasteiger partial charge in [0.15, 0.2) is 5.78 Å². The molecule has 1 aliphatic carbocycles. The molecule has 1 heterocycles. The molecule has 0 unspecified atom stereocenters. The number of benzene rings is 3. The van der Waals surface area contributed by atoms with Gasteiger partial charge in [-0.1, -0.05) is 130 Å². The zero-order valence-corrected chi connectivity index (χ0v) is 32.1. The summed E-state index contributed by atoms with van der Waals surface area (Å²) < 4.78 is 0. The fourth-order valence-corrected chi connectivity index (χ4v) is 5.61. The molecule has 0 amide bonds. The SMILES string of the molecule is CC(C)(C)C(=O)/C=C(\O)C(C)(C)C.CC(C)Cc1ccc2c(c1)CCc1cnc(-c3[c-]c4ccccc4c(C(C)(C)C)c3)cc1-2.[Ir]. The Hall–Kier alpha value is -3.07. The number of pyridine rings is 1. The van der Waals surface area contributed by atoms with Crippen LogP contribution in [0.4, 0.5) is 0 Å². The molecule has 3 aromatic carbocycles. The number of hydrogen-bond acceptors (Lipinski definition) is 3. The molecule has 0 bridgehead atoms. The van der Waals surface area contributed by atoms with Gasteiger partial charge in [0.05, 0.1) is 0 Å². The molecule has 1 radical (unpaired) electrons. The number of aliphatic hydroxyl groups is 1. The summed E-state index contributed by atoms with van der Waals surface area (Å²) in [5.74, 6) is 0.785. The molecule has 4 heteroatoms. The predicted molar refractivity (Wildman–Crippen MR) is 191 cm³/mol. The van der Waals surface area contributed by atoms with Crippen LogP contribution in [0.5, 0.6) is 0 Å². The average Bonchev–Trinajstić information content (AvgIpc) is 2.94. The Morgan fingerprint density at radius 2 is 1.52 bits per heavy atom. The van der Waals surface area contributed by atoms with Crippen molar-refractivity contribution >= 4 is 16.6 Å². The number of carbonyl (C=O) groups excluding carboxylic acids is 1. The van der Waals surface area contributed by atoms with E-state index in [1.807, 2.05) is 41.5 Å². The number of rotatable bonds is 4. The Labute approximate surface area is 291 Å². The van der Waals surface area contributed by atoms with Crippen LogP contribution < -0.4 is 0 Å². The van der Waals surface area contributed by atoms with Crippen LogP contribution in [0.15, 0.2) is 72.6 Å². The summed E-state index contributed by atoms with van der Waals surface area (Å²) in [6.45, 7) is 22.5. The molecule has 0 aliphatic heterocycles. The van der Waals surface area contributed by atoms with Gasteiger partial charge >= 0.3 is 0 Å². The molecule has 0 saturated heterocycles. The molecule has 3 nitrogen and oxygen atoms in total. The smallest absolute Gasteiger partial charge is 0.164 e. The number of nitrogens with zero attached hydrogens (tertiary/aromatic N) is 1. The van der Waals surface area contributed by atoms with Gasteiger partial charge in [-0.3, -0.25) is 9.78 Å². The van der Waals surface area contributed by atoms with Crippen LogP contribution in [0.25, 0.3) is 33.2 Å². The molecule has 1 N–H and O–H groups in total. The van der Waals surface area contributed by atoms with Crippen LogP contribution in [-0.2, 0) is 49.6 Å². The van der Waals surface area contributed by atoms with Gasteiger partial charge in [0.1, 0.15) is 5.76 Å². The van der Waals surface area contributed by atoms with E-state index in [1.54, 1.807) is 0 Å². The van der Waals surface area contributed by atoms with Gasteiger partial charge in [-0.05, 0) is 58.4 Å². The van der Waals surface area contributed by atoms with E-state index in [4.69, 9.17) is 4.98 Å². The van der Waals surface area contributed by atoms with Crippen LogP contribution in [-0.4, -0.2) is 15.9 Å². The van der Waals surface area contributed by atoms with E-state index in [0.29, 0.717) is 5.92 Å². The summed E-state index contributed by atoms with van der Waals surface area (Å²) in [4.78, 5) is 16.4. The van der Waals surface area contributed by atoms with Crippen molar-refractivity contribution in [3.05, 3.63) is 101 Å². The van der Waals surface area contributed by atoms with Crippen LogP contribution >= 0.6 is 0 Å². The van der Waals surface area contributed by atoms with Crippen LogP contribution in [0.1, 0.15) is 98.4 Å². The summed E-state index contributed by atoms with van der Waals surface area (Å²) in [5.41, 5.74) is 9.73. The molecular weight excluding hydrogens is 743 g/mol. The number of fused-ring (bicyclic) bond motifs is 4. The number of hydrogen-bond donors (Lipinski definition) is 1. The van der Waals surface area contributed by atoms with Crippen molar-refractivity contribution in [2.75, 3.05) is 0 Å². The summed E-state index contributed by atoms with van der Waals surface area (Å²) in [6, 6.07) is 23.9. The second-order valence-corrected chi connectivity index (χ2v) is 16.1. The third-order valence-corrected chi connectivity index (χ3v) is 8.39. The van der Waals surface area contributed by atoms with Gasteiger partial charge in [0.2, 0.25) is 0 Å². The second-order valence-electron chi connectivity index (χ2n) is 16.1. The molecule has 5 rings (SSSR count). The third-order valence-electron chi connectivity index (χ3n) is 8.39. The summed E-state index contributed by atoms with van der Waals surface area (Å²) in [7, 11) is 0. The molecule has 0 fully saturated rings. The normalized spacial score (nSPS) is 13.3. The Morgan fingerprint density at radius 1 is 0.870 bits per heavy atom. The molecule has 0 atom stereocenters. The molecule has 46 heavy (non-hydrogen) atoms. The van der Waals surface area contributed by atoms with Crippen molar-refractivity contribution in [2.24, 2.45) is 16.7 Å². The molecule has 247 valence electrons. The van der Waals surface area contributed by atoms with Crippen LogP contribution in [0.2, 0.25) is 0 Å². The van der Waals surface area contributed by atoms with Crippen molar-refractivity contribution in [2.45, 2.75) is 101 Å². The van der Waals surface area contributed by atoms with E-state index in [1.165, 1.54) is 44.8 Å². The van der Waals surface area contributed by atoms with E-state index in [9.17, 15) is 9.90 Å². The summed E-state index contributed by atoms with van der Waals surface area (Å²) >= 11 is 0. The van der Waals surface area contributed by atoms with Gasteiger partial charge in [-0.15, -0.1) is 29.1 Å². The first-order valence-corrected chi connectivity index (χ1v) is 16.4. The van der Waals surface area contributed by atoms with Crippen molar-refractivity contribution in [1.82, 2.24) is 4.98 Å². The van der Waals surface area contributed by atoms with Crippen molar-refractivity contribution in [3.63, 3.8) is 0 Å². The van der Waals surface area contributed by atoms with Gasteiger partial charge in [0.25, 0.3) is 0 Å². The van der Waals surface area contributed by atoms with Gasteiger partial charge < -0.3 is 5.11 Å². The summed E-state index contributed by atoms with van der Waals surface area (Å²) in [5, 5.41) is 12.0.